The topological polar surface area (TPSA) is 26.3 Å². The number of fused-ring (bicyclic) bond motifs is 1. The molecule has 0 saturated heterocycles. The van der Waals surface area contributed by atoms with Crippen molar-refractivity contribution in [1.29, 1.82) is 0 Å². The number of hydrogen-bond donors (Lipinski definition) is 0. The van der Waals surface area contributed by atoms with Crippen LogP contribution in [0.1, 0.15) is 67.6 Å². The fraction of sp³-hybridized carbons (Fsp3) is 0.348. The summed E-state index contributed by atoms with van der Waals surface area (Å²) in [4.78, 5) is 12.3. The van der Waals surface area contributed by atoms with Gasteiger partial charge in [0, 0.05) is 5.56 Å². The second kappa shape index (κ2) is 6.18. The van der Waals surface area contributed by atoms with E-state index in [1.165, 1.54) is 17.5 Å². The quantitative estimate of drug-likeness (QED) is 0.519. The maximum atomic E-state index is 12.3. The predicted octanol–water partition coefficient (Wildman–Crippen LogP) is 5.86. The van der Waals surface area contributed by atoms with Gasteiger partial charge in [0.1, 0.15) is 5.76 Å². The van der Waals surface area contributed by atoms with Crippen LogP contribution in [0.25, 0.3) is 5.76 Å². The van der Waals surface area contributed by atoms with Gasteiger partial charge in [0.15, 0.2) is 0 Å². The maximum Gasteiger partial charge on any atom is 0.343 e. The number of esters is 1. The second-order valence-corrected chi connectivity index (χ2v) is 8.21. The van der Waals surface area contributed by atoms with Crippen LogP contribution < -0.4 is 0 Å². The van der Waals surface area contributed by atoms with Crippen molar-refractivity contribution in [2.45, 2.75) is 51.4 Å². The fourth-order valence-electron chi connectivity index (χ4n) is 3.57. The number of hydrogen-bond acceptors (Lipinski definition) is 2. The van der Waals surface area contributed by atoms with Gasteiger partial charge in [0.25, 0.3) is 0 Å². The number of carbonyl (C=O) groups excluding carboxylic acids is 1. The molecule has 0 heterocycles. The average Bonchev–Trinajstić information content (AvgIpc) is 2.59. The van der Waals surface area contributed by atoms with Crippen molar-refractivity contribution in [3.8, 4) is 0 Å². The third kappa shape index (κ3) is 3.39. The molecule has 0 unspecified atom stereocenters. The molecule has 2 heteroatoms. The minimum Gasteiger partial charge on any atom is -0.423 e. The SMILES string of the molecule is C=C(OC(=O)c1ccccc1)c1ccc2c(c1)C(C)(C)CCC2(C)C. The highest BCUT2D eigenvalue weighted by Crippen LogP contribution is 2.46. The van der Waals surface area contributed by atoms with Crippen molar-refractivity contribution in [2.24, 2.45) is 0 Å². The van der Waals surface area contributed by atoms with Gasteiger partial charge in [0.2, 0.25) is 0 Å². The zero-order chi connectivity index (χ0) is 18.2. The van der Waals surface area contributed by atoms with E-state index in [0.29, 0.717) is 11.3 Å². The van der Waals surface area contributed by atoms with E-state index in [2.05, 4.69) is 46.4 Å². The minimum absolute atomic E-state index is 0.116. The van der Waals surface area contributed by atoms with Gasteiger partial charge in [-0.25, -0.2) is 4.79 Å². The van der Waals surface area contributed by atoms with E-state index in [1.807, 2.05) is 24.3 Å². The summed E-state index contributed by atoms with van der Waals surface area (Å²) in [5, 5.41) is 0. The standard InChI is InChI=1S/C23H26O2/c1-16(25-21(24)17-9-7-6-8-10-17)18-11-12-19-20(15-18)23(4,5)14-13-22(19,2)3/h6-12,15H,1,13-14H2,2-5H3. The Bertz CT molecular complexity index is 813. The molecule has 2 aromatic carbocycles. The summed E-state index contributed by atoms with van der Waals surface area (Å²) in [5.41, 5.74) is 4.40. The minimum atomic E-state index is -0.372. The lowest BCUT2D eigenvalue weighted by Crippen LogP contribution is -2.33. The molecular weight excluding hydrogens is 308 g/mol. The Labute approximate surface area is 150 Å². The molecule has 25 heavy (non-hydrogen) atoms. The van der Waals surface area contributed by atoms with E-state index in [9.17, 15) is 4.79 Å². The van der Waals surface area contributed by atoms with E-state index >= 15 is 0 Å². The molecule has 3 rings (SSSR count). The van der Waals surface area contributed by atoms with Crippen LogP contribution in [0.4, 0.5) is 0 Å². The Balaban J connectivity index is 1.89. The van der Waals surface area contributed by atoms with E-state index in [0.717, 1.165) is 12.0 Å². The van der Waals surface area contributed by atoms with Gasteiger partial charge < -0.3 is 4.74 Å². The lowest BCUT2D eigenvalue weighted by Gasteiger charge is -2.42. The van der Waals surface area contributed by atoms with Gasteiger partial charge in [-0.2, -0.15) is 0 Å². The van der Waals surface area contributed by atoms with Crippen LogP contribution in [0.15, 0.2) is 55.1 Å². The van der Waals surface area contributed by atoms with Gasteiger partial charge in [0.05, 0.1) is 5.56 Å². The molecular formula is C23H26O2. The average molecular weight is 334 g/mol. The Kier molecular flexibility index (Phi) is 4.32. The first kappa shape index (κ1) is 17.5. The van der Waals surface area contributed by atoms with Gasteiger partial charge in [-0.15, -0.1) is 0 Å². The molecule has 0 N–H and O–H groups in total. The molecule has 0 amide bonds. The van der Waals surface area contributed by atoms with Crippen molar-refractivity contribution in [3.05, 3.63) is 77.4 Å². The summed E-state index contributed by atoms with van der Waals surface area (Å²) in [6, 6.07) is 15.3. The van der Waals surface area contributed by atoms with Crippen molar-refractivity contribution in [3.63, 3.8) is 0 Å². The van der Waals surface area contributed by atoms with E-state index < -0.39 is 0 Å². The van der Waals surface area contributed by atoms with E-state index in [1.54, 1.807) is 12.1 Å². The van der Waals surface area contributed by atoms with Crippen LogP contribution in [0, 0.1) is 0 Å². The second-order valence-electron chi connectivity index (χ2n) is 8.21. The fourth-order valence-corrected chi connectivity index (χ4v) is 3.57. The molecule has 0 atom stereocenters. The summed E-state index contributed by atoms with van der Waals surface area (Å²) in [6.45, 7) is 13.1. The van der Waals surface area contributed by atoms with Crippen molar-refractivity contribution in [2.75, 3.05) is 0 Å². The zero-order valence-electron chi connectivity index (χ0n) is 15.6. The smallest absolute Gasteiger partial charge is 0.343 e. The van der Waals surface area contributed by atoms with E-state index in [-0.39, 0.29) is 16.8 Å². The molecule has 0 spiro atoms. The highest BCUT2D eigenvalue weighted by Gasteiger charge is 2.37. The summed E-state index contributed by atoms with van der Waals surface area (Å²) >= 11 is 0. The molecule has 130 valence electrons. The van der Waals surface area contributed by atoms with Crippen LogP contribution in [0.5, 0.6) is 0 Å². The summed E-state index contributed by atoms with van der Waals surface area (Å²) in [6.07, 6.45) is 2.32. The molecule has 0 saturated carbocycles. The molecule has 2 aromatic rings. The molecule has 0 aliphatic heterocycles. The van der Waals surface area contributed by atoms with E-state index in [4.69, 9.17) is 4.74 Å². The van der Waals surface area contributed by atoms with Gasteiger partial charge in [-0.1, -0.05) is 64.6 Å². The lowest BCUT2D eigenvalue weighted by atomic mass is 9.63. The molecule has 2 nitrogen and oxygen atoms in total. The van der Waals surface area contributed by atoms with Crippen LogP contribution in [0.2, 0.25) is 0 Å². The monoisotopic (exact) mass is 334 g/mol. The molecule has 0 bridgehead atoms. The van der Waals surface area contributed by atoms with Gasteiger partial charge in [-0.05, 0) is 53.0 Å². The number of rotatable bonds is 3. The number of benzene rings is 2. The van der Waals surface area contributed by atoms with Crippen LogP contribution >= 0.6 is 0 Å². The first-order valence-electron chi connectivity index (χ1n) is 8.82. The number of ether oxygens (including phenoxy) is 1. The van der Waals surface area contributed by atoms with Crippen molar-refractivity contribution in [1.82, 2.24) is 0 Å². The van der Waals surface area contributed by atoms with Gasteiger partial charge >= 0.3 is 5.97 Å². The summed E-state index contributed by atoms with van der Waals surface area (Å²) < 4.78 is 5.50. The highest BCUT2D eigenvalue weighted by atomic mass is 16.5. The molecule has 0 radical (unpaired) electrons. The van der Waals surface area contributed by atoms with Crippen LogP contribution in [0.3, 0.4) is 0 Å². The largest absolute Gasteiger partial charge is 0.423 e. The molecule has 1 aliphatic rings. The molecule has 1 aliphatic carbocycles. The summed E-state index contributed by atoms with van der Waals surface area (Å²) in [7, 11) is 0. The van der Waals surface area contributed by atoms with Crippen LogP contribution in [-0.4, -0.2) is 5.97 Å². The summed E-state index contributed by atoms with van der Waals surface area (Å²) in [5.74, 6) is 0.0266. The maximum absolute atomic E-state index is 12.3. The molecule has 0 aromatic heterocycles. The van der Waals surface area contributed by atoms with Crippen LogP contribution in [-0.2, 0) is 15.6 Å². The highest BCUT2D eigenvalue weighted by molar-refractivity contribution is 5.92. The van der Waals surface area contributed by atoms with Gasteiger partial charge in [-0.3, -0.25) is 0 Å². The third-order valence-corrected chi connectivity index (χ3v) is 5.40. The lowest BCUT2D eigenvalue weighted by molar-refractivity contribution is 0.0693. The van der Waals surface area contributed by atoms with Crippen molar-refractivity contribution >= 4 is 11.7 Å². The zero-order valence-corrected chi connectivity index (χ0v) is 15.6. The Morgan fingerprint density at radius 2 is 1.48 bits per heavy atom. The molecule has 0 fully saturated rings. The normalized spacial score (nSPS) is 17.4. The predicted molar refractivity (Wildman–Crippen MR) is 103 cm³/mol. The third-order valence-electron chi connectivity index (χ3n) is 5.40. The van der Waals surface area contributed by atoms with Crippen molar-refractivity contribution < 1.29 is 9.53 Å². The Morgan fingerprint density at radius 3 is 2.12 bits per heavy atom. The number of carbonyl (C=O) groups is 1. The Morgan fingerprint density at radius 1 is 0.880 bits per heavy atom. The first-order valence-corrected chi connectivity index (χ1v) is 8.82. The Hall–Kier alpha value is -2.35. The first-order chi connectivity index (χ1) is 11.7.